The summed E-state index contributed by atoms with van der Waals surface area (Å²) in [6.45, 7) is 0. The van der Waals surface area contributed by atoms with E-state index >= 15 is 0 Å². The van der Waals surface area contributed by atoms with Crippen LogP contribution in [0, 0.1) is 0 Å². The summed E-state index contributed by atoms with van der Waals surface area (Å²) in [5, 5.41) is 9.14. The van der Waals surface area contributed by atoms with Crippen LogP contribution in [0.4, 0.5) is 0 Å². The largest absolute Gasteiger partial charge is 0.456 e. The lowest BCUT2D eigenvalue weighted by Crippen LogP contribution is -2.00. The van der Waals surface area contributed by atoms with Gasteiger partial charge in [0.25, 0.3) is 0 Å². The van der Waals surface area contributed by atoms with E-state index in [0.717, 1.165) is 83.2 Å². The van der Waals surface area contributed by atoms with Crippen LogP contribution in [-0.2, 0) is 0 Å². The van der Waals surface area contributed by atoms with Crippen molar-refractivity contribution in [2.24, 2.45) is 0 Å². The maximum absolute atomic E-state index is 7.00. The van der Waals surface area contributed by atoms with Gasteiger partial charge in [-0.3, -0.25) is 0 Å². The normalized spacial score (nSPS) is 11.8. The molecule has 0 N–H and O–H groups in total. The highest BCUT2D eigenvalue weighted by molar-refractivity contribution is 7.25. The third-order valence-corrected chi connectivity index (χ3v) is 15.6. The lowest BCUT2D eigenvalue weighted by Gasteiger charge is -2.15. The second-order valence-electron chi connectivity index (χ2n) is 18.7. The second kappa shape index (κ2) is 16.6. The van der Waals surface area contributed by atoms with Crippen LogP contribution in [0.5, 0.6) is 0 Å². The van der Waals surface area contributed by atoms with Crippen molar-refractivity contribution in [3.63, 3.8) is 0 Å². The van der Waals surface area contributed by atoms with Crippen LogP contribution < -0.4 is 0 Å². The Kier molecular flexibility index (Phi) is 9.37. The number of nitrogens with zero attached hydrogens (tertiary/aromatic N) is 4. The van der Waals surface area contributed by atoms with Crippen molar-refractivity contribution < 1.29 is 4.42 Å². The second-order valence-corrected chi connectivity index (χ2v) is 19.8. The Labute approximate surface area is 423 Å². The first kappa shape index (κ1) is 41.3. The molecule has 0 aliphatic heterocycles. The summed E-state index contributed by atoms with van der Waals surface area (Å²) < 4.78 is 11.9. The highest BCUT2D eigenvalue weighted by Crippen LogP contribution is 2.45. The number of hydrogen-bond donors (Lipinski definition) is 0. The predicted octanol–water partition coefficient (Wildman–Crippen LogP) is 18.4. The summed E-state index contributed by atoms with van der Waals surface area (Å²) >= 11 is 1.80. The Morgan fingerprint density at radius 3 is 1.64 bits per heavy atom. The third-order valence-electron chi connectivity index (χ3n) is 14.5. The molecule has 6 heteroatoms. The lowest BCUT2D eigenvalue weighted by molar-refractivity contribution is 0.668. The maximum Gasteiger partial charge on any atom is 0.164 e. The minimum atomic E-state index is 0.572. The van der Waals surface area contributed by atoms with Gasteiger partial charge in [0, 0.05) is 70.0 Å². The van der Waals surface area contributed by atoms with Crippen molar-refractivity contribution in [1.82, 2.24) is 19.5 Å². The molecule has 11 aromatic carbocycles. The molecule has 0 amide bonds. The molecule has 0 spiro atoms. The summed E-state index contributed by atoms with van der Waals surface area (Å²) in [5.41, 5.74) is 14.3. The topological polar surface area (TPSA) is 56.7 Å². The van der Waals surface area contributed by atoms with Gasteiger partial charge in [0.15, 0.2) is 17.5 Å². The van der Waals surface area contributed by atoms with Gasteiger partial charge in [-0.1, -0.05) is 182 Å². The number of hydrogen-bond acceptors (Lipinski definition) is 5. The monoisotopic (exact) mass is 948 g/mol. The highest BCUT2D eigenvalue weighted by Gasteiger charge is 2.23. The fraction of sp³-hybridized carbons (Fsp3) is 0. The van der Waals surface area contributed by atoms with E-state index in [1.54, 1.807) is 11.3 Å². The number of para-hydroxylation sites is 1. The summed E-state index contributed by atoms with van der Waals surface area (Å²) in [7, 11) is 0. The molecule has 340 valence electrons. The Morgan fingerprint density at radius 2 is 0.890 bits per heavy atom. The van der Waals surface area contributed by atoms with Gasteiger partial charge < -0.3 is 8.98 Å². The number of aromatic nitrogens is 4. The van der Waals surface area contributed by atoms with Crippen molar-refractivity contribution in [2.75, 3.05) is 0 Å². The molecule has 0 saturated carbocycles. The number of furan rings is 1. The van der Waals surface area contributed by atoms with Crippen LogP contribution >= 0.6 is 11.3 Å². The fourth-order valence-corrected chi connectivity index (χ4v) is 12.0. The number of rotatable bonds is 7. The van der Waals surface area contributed by atoms with E-state index in [1.807, 2.05) is 12.1 Å². The van der Waals surface area contributed by atoms with Crippen molar-refractivity contribution in [3.05, 3.63) is 243 Å². The molecule has 0 bridgehead atoms. The van der Waals surface area contributed by atoms with E-state index in [9.17, 15) is 0 Å². The van der Waals surface area contributed by atoms with E-state index < -0.39 is 0 Å². The predicted molar refractivity (Wildman–Crippen MR) is 304 cm³/mol. The van der Waals surface area contributed by atoms with E-state index in [0.29, 0.717) is 17.5 Å². The summed E-state index contributed by atoms with van der Waals surface area (Å²) in [4.78, 5) is 16.0. The van der Waals surface area contributed by atoms with Gasteiger partial charge in [0.05, 0.1) is 16.7 Å². The molecule has 4 heterocycles. The average Bonchev–Trinajstić information content (AvgIpc) is 4.13. The Bertz CT molecular complexity index is 4650. The van der Waals surface area contributed by atoms with Gasteiger partial charge in [-0.05, 0) is 93.2 Å². The Morgan fingerprint density at radius 1 is 0.315 bits per heavy atom. The van der Waals surface area contributed by atoms with Gasteiger partial charge >= 0.3 is 0 Å². The quantitative estimate of drug-likeness (QED) is 0.160. The number of fused-ring (bicyclic) bond motifs is 10. The molecule has 15 rings (SSSR count). The van der Waals surface area contributed by atoms with Crippen molar-refractivity contribution in [1.29, 1.82) is 0 Å². The first-order valence-corrected chi connectivity index (χ1v) is 25.4. The molecule has 4 aromatic heterocycles. The molecule has 5 nitrogen and oxygen atoms in total. The molecule has 73 heavy (non-hydrogen) atoms. The summed E-state index contributed by atoms with van der Waals surface area (Å²) in [5.74, 6) is 1.78. The van der Waals surface area contributed by atoms with Gasteiger partial charge in [0.1, 0.15) is 11.2 Å². The Balaban J connectivity index is 0.969. The molecule has 0 radical (unpaired) electrons. The van der Waals surface area contributed by atoms with Gasteiger partial charge in [-0.25, -0.2) is 15.0 Å². The van der Waals surface area contributed by atoms with Crippen molar-refractivity contribution in [3.8, 4) is 73.2 Å². The molecule has 0 saturated heterocycles. The molecule has 0 aliphatic rings. The average molecular weight is 949 g/mol. The molecule has 15 aromatic rings. The van der Waals surface area contributed by atoms with E-state index in [-0.39, 0.29) is 0 Å². The zero-order valence-corrected chi connectivity index (χ0v) is 40.0. The zero-order chi connectivity index (χ0) is 48.0. The van der Waals surface area contributed by atoms with Crippen LogP contribution in [0.1, 0.15) is 0 Å². The highest BCUT2D eigenvalue weighted by atomic mass is 32.1. The van der Waals surface area contributed by atoms with Crippen molar-refractivity contribution in [2.45, 2.75) is 0 Å². The standard InChI is InChI=1S/C67H40N4OS/c1-3-14-41(15-4-1)43-26-30-45(31-27-43)53-39-56-61(40-59(53)71-57-23-11-9-20-50(57)54-36-47-18-7-8-19-48(47)38-58(54)71)72-60-24-13-22-52(64(56)60)67-69-65(46-32-28-44(29-33-46)42-16-5-2-6-17-42)68-66(70-67)49-34-35-63-55(37-49)51-21-10-12-25-62(51)73-63/h1-40H. The van der Waals surface area contributed by atoms with Crippen LogP contribution in [0.3, 0.4) is 0 Å². The molecule has 0 aliphatic carbocycles. The first-order chi connectivity index (χ1) is 36.1. The maximum atomic E-state index is 7.00. The van der Waals surface area contributed by atoms with Crippen LogP contribution in [0.15, 0.2) is 247 Å². The summed E-state index contributed by atoms with van der Waals surface area (Å²) in [6.07, 6.45) is 0. The molecule has 0 unspecified atom stereocenters. The number of benzene rings is 11. The minimum Gasteiger partial charge on any atom is -0.456 e. The molecular formula is C67H40N4OS. The van der Waals surface area contributed by atoms with E-state index in [4.69, 9.17) is 19.4 Å². The van der Waals surface area contributed by atoms with Crippen LogP contribution in [-0.4, -0.2) is 19.5 Å². The van der Waals surface area contributed by atoms with E-state index in [2.05, 4.69) is 235 Å². The van der Waals surface area contributed by atoms with Gasteiger partial charge in [-0.15, -0.1) is 11.3 Å². The summed E-state index contributed by atoms with van der Waals surface area (Å²) in [6, 6.07) is 86.4. The van der Waals surface area contributed by atoms with Gasteiger partial charge in [-0.2, -0.15) is 0 Å². The molecule has 0 atom stereocenters. The van der Waals surface area contributed by atoms with Gasteiger partial charge in [0.2, 0.25) is 0 Å². The van der Waals surface area contributed by atoms with Crippen LogP contribution in [0.25, 0.3) is 148 Å². The Hall–Kier alpha value is -9.49. The fourth-order valence-electron chi connectivity index (χ4n) is 10.9. The van der Waals surface area contributed by atoms with E-state index in [1.165, 1.54) is 47.3 Å². The minimum absolute atomic E-state index is 0.572. The van der Waals surface area contributed by atoms with Crippen LogP contribution in [0.2, 0.25) is 0 Å². The number of thiophene rings is 1. The first-order valence-electron chi connectivity index (χ1n) is 24.6. The smallest absolute Gasteiger partial charge is 0.164 e. The lowest BCUT2D eigenvalue weighted by atomic mass is 9.96. The third kappa shape index (κ3) is 6.87. The molecule has 0 fully saturated rings. The molecular weight excluding hydrogens is 909 g/mol. The van der Waals surface area contributed by atoms with Crippen molar-refractivity contribution >= 4 is 86.0 Å². The SMILES string of the molecule is c1ccc(-c2ccc(-c3nc(-c4ccc5sc6ccccc6c5c4)nc(-c4cccc5oc6cc(-n7c8ccccc8c8cc9ccccc9cc87)c(-c7ccc(-c8ccccc8)cc7)cc6c45)n3)cc2)cc1. The zero-order valence-electron chi connectivity index (χ0n) is 39.2.